The van der Waals surface area contributed by atoms with Crippen molar-refractivity contribution in [2.45, 2.75) is 18.9 Å². The maximum absolute atomic E-state index is 10.9. The normalized spacial score (nSPS) is 13.3. The molecule has 1 aromatic rings. The molecule has 0 bridgehead atoms. The first-order valence-electron chi connectivity index (χ1n) is 5.01. The molecular weight excluding hydrogens is 222 g/mol. The van der Waals surface area contributed by atoms with Gasteiger partial charge >= 0.3 is 5.97 Å². The van der Waals surface area contributed by atoms with Crippen molar-refractivity contribution in [3.8, 4) is 5.75 Å². The predicted octanol–water partition coefficient (Wildman–Crippen LogP) is 2.56. The van der Waals surface area contributed by atoms with Crippen LogP contribution in [0, 0.1) is 0 Å². The van der Waals surface area contributed by atoms with E-state index < -0.39 is 17.9 Å². The van der Waals surface area contributed by atoms with Crippen LogP contribution >= 0.6 is 0 Å². The zero-order valence-electron chi connectivity index (χ0n) is 9.57. The second kappa shape index (κ2) is 5.77. The summed E-state index contributed by atoms with van der Waals surface area (Å²) in [5.41, 5.74) is 9.12. The van der Waals surface area contributed by atoms with Crippen molar-refractivity contribution in [1.82, 2.24) is 0 Å². The van der Waals surface area contributed by atoms with Crippen LogP contribution in [0.2, 0.25) is 0 Å². The number of ether oxygens (including phenoxy) is 1. The number of benzene rings is 1. The van der Waals surface area contributed by atoms with E-state index in [9.17, 15) is 4.79 Å². The smallest absolute Gasteiger partial charge is 0.313 e. The van der Waals surface area contributed by atoms with Crippen molar-refractivity contribution >= 4 is 5.97 Å². The van der Waals surface area contributed by atoms with Crippen LogP contribution in [0.25, 0.3) is 10.4 Å². The fraction of sp³-hybridized carbons (Fsp3) is 0.364. The topological polar surface area (TPSA) is 95.3 Å². The molecule has 0 spiro atoms. The van der Waals surface area contributed by atoms with Gasteiger partial charge in [-0.1, -0.05) is 24.2 Å². The van der Waals surface area contributed by atoms with E-state index in [1.165, 1.54) is 0 Å². The molecule has 0 aliphatic heterocycles. The Morgan fingerprint density at radius 2 is 2.06 bits per heavy atom. The molecule has 1 rings (SSSR count). The zero-order chi connectivity index (χ0) is 12.8. The largest absolute Gasteiger partial charge is 0.497 e. The molecule has 6 heteroatoms. The number of carboxylic acid groups (broad SMARTS) is 1. The monoisotopic (exact) mass is 235 g/mol. The summed E-state index contributed by atoms with van der Waals surface area (Å²) < 4.78 is 5.01. The fourth-order valence-electron chi connectivity index (χ4n) is 1.51. The summed E-state index contributed by atoms with van der Waals surface area (Å²) >= 11 is 0. The van der Waals surface area contributed by atoms with Crippen LogP contribution in [0.3, 0.4) is 0 Å². The van der Waals surface area contributed by atoms with Gasteiger partial charge in [-0.25, -0.2) is 0 Å². The Bertz CT molecular complexity index is 436. The van der Waals surface area contributed by atoms with Crippen molar-refractivity contribution in [2.75, 3.05) is 7.11 Å². The number of carboxylic acids is 1. The van der Waals surface area contributed by atoms with E-state index >= 15 is 0 Å². The standard InChI is InChI=1S/C11H13N3O3/c1-7(10(11(15)16)13-14-12)8-3-5-9(17-2)6-4-8/h3-7,10H,1-2H3,(H,15,16)/t7-,10+/m0/s1. The molecule has 1 aromatic carbocycles. The number of methoxy groups -OCH3 is 1. The molecule has 0 unspecified atom stereocenters. The maximum atomic E-state index is 10.9. The van der Waals surface area contributed by atoms with Crippen molar-refractivity contribution in [3.63, 3.8) is 0 Å². The average Bonchev–Trinajstić information content (AvgIpc) is 2.35. The Kier molecular flexibility index (Phi) is 4.37. The number of aliphatic carboxylic acids is 1. The highest BCUT2D eigenvalue weighted by atomic mass is 16.5. The van der Waals surface area contributed by atoms with Gasteiger partial charge < -0.3 is 9.84 Å². The zero-order valence-corrected chi connectivity index (χ0v) is 9.57. The summed E-state index contributed by atoms with van der Waals surface area (Å²) in [7, 11) is 1.55. The molecule has 0 heterocycles. The van der Waals surface area contributed by atoms with Gasteiger partial charge in [0.15, 0.2) is 0 Å². The molecule has 0 aliphatic rings. The fourth-order valence-corrected chi connectivity index (χ4v) is 1.51. The molecule has 0 saturated carbocycles. The molecule has 17 heavy (non-hydrogen) atoms. The van der Waals surface area contributed by atoms with E-state index in [4.69, 9.17) is 15.4 Å². The SMILES string of the molecule is COc1ccc([C@H](C)[C@@H](N=[N+]=[N-])C(=O)O)cc1. The van der Waals surface area contributed by atoms with Gasteiger partial charge in [0, 0.05) is 10.8 Å². The van der Waals surface area contributed by atoms with E-state index in [2.05, 4.69) is 10.0 Å². The third-order valence-corrected chi connectivity index (χ3v) is 2.54. The molecule has 0 fully saturated rings. The summed E-state index contributed by atoms with van der Waals surface area (Å²) in [5, 5.41) is 12.2. The van der Waals surface area contributed by atoms with Gasteiger partial charge in [0.25, 0.3) is 0 Å². The highest BCUT2D eigenvalue weighted by Gasteiger charge is 2.24. The second-order valence-corrected chi connectivity index (χ2v) is 3.55. The van der Waals surface area contributed by atoms with Crippen molar-refractivity contribution in [2.24, 2.45) is 5.11 Å². The van der Waals surface area contributed by atoms with Crippen LogP contribution in [0.1, 0.15) is 18.4 Å². The maximum Gasteiger partial charge on any atom is 0.313 e. The lowest BCUT2D eigenvalue weighted by molar-refractivity contribution is -0.138. The van der Waals surface area contributed by atoms with Gasteiger partial charge in [0.1, 0.15) is 11.8 Å². The summed E-state index contributed by atoms with van der Waals surface area (Å²) in [4.78, 5) is 13.5. The second-order valence-electron chi connectivity index (χ2n) is 3.55. The van der Waals surface area contributed by atoms with Gasteiger partial charge in [0.2, 0.25) is 0 Å². The van der Waals surface area contributed by atoms with E-state index in [1.54, 1.807) is 38.3 Å². The highest BCUT2D eigenvalue weighted by molar-refractivity contribution is 5.75. The number of rotatable bonds is 5. The molecule has 0 amide bonds. The molecule has 90 valence electrons. The minimum absolute atomic E-state index is 0.394. The average molecular weight is 235 g/mol. The number of hydrogen-bond donors (Lipinski definition) is 1. The quantitative estimate of drug-likeness (QED) is 0.482. The van der Waals surface area contributed by atoms with Crippen molar-refractivity contribution < 1.29 is 14.6 Å². The van der Waals surface area contributed by atoms with Crippen LogP contribution in [-0.4, -0.2) is 24.2 Å². The van der Waals surface area contributed by atoms with Crippen LogP contribution in [0.4, 0.5) is 0 Å². The predicted molar refractivity (Wildman–Crippen MR) is 62.0 cm³/mol. The molecule has 0 aromatic heterocycles. The van der Waals surface area contributed by atoms with Crippen LogP contribution in [-0.2, 0) is 4.79 Å². The van der Waals surface area contributed by atoms with Gasteiger partial charge in [0.05, 0.1) is 7.11 Å². The number of nitrogens with zero attached hydrogens (tertiary/aromatic N) is 3. The molecule has 0 radical (unpaired) electrons. The number of carbonyl (C=O) groups is 1. The van der Waals surface area contributed by atoms with Gasteiger partial charge in [-0.2, -0.15) is 0 Å². The third-order valence-electron chi connectivity index (χ3n) is 2.54. The Hall–Kier alpha value is -2.20. The van der Waals surface area contributed by atoms with E-state index in [-0.39, 0.29) is 0 Å². The molecule has 2 atom stereocenters. The minimum Gasteiger partial charge on any atom is -0.497 e. The number of hydrogen-bond acceptors (Lipinski definition) is 3. The summed E-state index contributed by atoms with van der Waals surface area (Å²) in [6, 6.07) is 5.88. The first-order chi connectivity index (χ1) is 8.10. The molecule has 0 saturated heterocycles. The lowest BCUT2D eigenvalue weighted by Gasteiger charge is -2.16. The lowest BCUT2D eigenvalue weighted by atomic mass is 9.94. The summed E-state index contributed by atoms with van der Waals surface area (Å²) in [6.07, 6.45) is 0. The number of azide groups is 1. The Morgan fingerprint density at radius 3 is 2.47 bits per heavy atom. The first-order valence-corrected chi connectivity index (χ1v) is 5.01. The summed E-state index contributed by atoms with van der Waals surface area (Å²) in [6.45, 7) is 1.70. The van der Waals surface area contributed by atoms with Crippen LogP contribution < -0.4 is 4.74 Å². The van der Waals surface area contributed by atoms with Crippen LogP contribution in [0.15, 0.2) is 29.4 Å². The van der Waals surface area contributed by atoms with Crippen molar-refractivity contribution in [1.29, 1.82) is 0 Å². The molecular formula is C11H13N3O3. The molecule has 1 N–H and O–H groups in total. The van der Waals surface area contributed by atoms with Gasteiger partial charge in [-0.05, 0) is 23.2 Å². The molecule has 6 nitrogen and oxygen atoms in total. The van der Waals surface area contributed by atoms with E-state index in [0.717, 1.165) is 5.56 Å². The van der Waals surface area contributed by atoms with Gasteiger partial charge in [-0.3, -0.25) is 4.79 Å². The highest BCUT2D eigenvalue weighted by Crippen LogP contribution is 2.24. The van der Waals surface area contributed by atoms with Crippen molar-refractivity contribution in [3.05, 3.63) is 40.3 Å². The van der Waals surface area contributed by atoms with Gasteiger partial charge in [-0.15, -0.1) is 0 Å². The summed E-state index contributed by atoms with van der Waals surface area (Å²) in [5.74, 6) is -0.836. The van der Waals surface area contributed by atoms with E-state index in [1.807, 2.05) is 0 Å². The Morgan fingerprint density at radius 1 is 1.47 bits per heavy atom. The Labute approximate surface area is 98.5 Å². The first kappa shape index (κ1) is 12.9. The Balaban J connectivity index is 2.96. The lowest BCUT2D eigenvalue weighted by Crippen LogP contribution is -2.23. The third kappa shape index (κ3) is 3.12. The molecule has 0 aliphatic carbocycles. The van der Waals surface area contributed by atoms with Crippen LogP contribution in [0.5, 0.6) is 5.75 Å². The minimum atomic E-state index is -1.13. The van der Waals surface area contributed by atoms with E-state index in [0.29, 0.717) is 5.75 Å².